The molecular formula is C14H18N2O3. The van der Waals surface area contributed by atoms with Gasteiger partial charge in [0.1, 0.15) is 13.2 Å². The first-order valence-electron chi connectivity index (χ1n) is 6.47. The number of nitrogens with one attached hydrogen (secondary N) is 1. The summed E-state index contributed by atoms with van der Waals surface area (Å²) in [5.74, 6) is 1.35. The van der Waals surface area contributed by atoms with Crippen molar-refractivity contribution in [2.45, 2.75) is 20.3 Å². The number of amides is 1. The molecule has 1 atom stereocenters. The minimum atomic E-state index is 0.0216. The Morgan fingerprint density at radius 2 is 1.89 bits per heavy atom. The van der Waals surface area contributed by atoms with Crippen molar-refractivity contribution >= 4 is 17.3 Å². The lowest BCUT2D eigenvalue weighted by molar-refractivity contribution is -0.117. The summed E-state index contributed by atoms with van der Waals surface area (Å²) in [6.45, 7) is 5.21. The van der Waals surface area contributed by atoms with Crippen molar-refractivity contribution in [2.24, 2.45) is 11.3 Å². The van der Waals surface area contributed by atoms with Crippen LogP contribution in [-0.2, 0) is 4.79 Å². The van der Waals surface area contributed by atoms with Gasteiger partial charge in [-0.1, -0.05) is 13.8 Å². The van der Waals surface area contributed by atoms with E-state index in [0.29, 0.717) is 36.1 Å². The Kier molecular flexibility index (Phi) is 2.59. The van der Waals surface area contributed by atoms with Crippen LogP contribution in [0.3, 0.4) is 0 Å². The molecule has 1 aromatic rings. The summed E-state index contributed by atoms with van der Waals surface area (Å²) in [6, 6.07) is 3.43. The third-order valence-corrected chi connectivity index (χ3v) is 3.80. The number of carbonyl (C=O) groups is 1. The highest BCUT2D eigenvalue weighted by atomic mass is 16.6. The summed E-state index contributed by atoms with van der Waals surface area (Å²) in [5.41, 5.74) is 7.13. The summed E-state index contributed by atoms with van der Waals surface area (Å²) in [6.07, 6.45) is 0.920. The van der Waals surface area contributed by atoms with Crippen molar-refractivity contribution in [1.29, 1.82) is 0 Å². The van der Waals surface area contributed by atoms with Gasteiger partial charge in [-0.3, -0.25) is 4.79 Å². The highest BCUT2D eigenvalue weighted by molar-refractivity contribution is 5.98. The summed E-state index contributed by atoms with van der Waals surface area (Å²) in [4.78, 5) is 12.1. The zero-order valence-electron chi connectivity index (χ0n) is 11.2. The van der Waals surface area contributed by atoms with Gasteiger partial charge in [0.2, 0.25) is 5.91 Å². The molecule has 0 spiro atoms. The fourth-order valence-electron chi connectivity index (χ4n) is 2.35. The van der Waals surface area contributed by atoms with Crippen molar-refractivity contribution in [3.8, 4) is 11.5 Å². The molecule has 0 bridgehead atoms. The van der Waals surface area contributed by atoms with E-state index in [1.807, 2.05) is 0 Å². The molecule has 1 unspecified atom stereocenters. The smallest absolute Gasteiger partial charge is 0.228 e. The zero-order chi connectivity index (χ0) is 13.6. The highest BCUT2D eigenvalue weighted by Gasteiger charge is 2.50. The maximum absolute atomic E-state index is 12.1. The van der Waals surface area contributed by atoms with E-state index in [4.69, 9.17) is 15.2 Å². The topological polar surface area (TPSA) is 73.6 Å². The van der Waals surface area contributed by atoms with Gasteiger partial charge in [0.05, 0.1) is 11.4 Å². The summed E-state index contributed by atoms with van der Waals surface area (Å²) < 4.78 is 10.9. The number of hydrogen-bond acceptors (Lipinski definition) is 4. The second kappa shape index (κ2) is 4.05. The number of fused-ring (bicyclic) bond motifs is 1. The lowest BCUT2D eigenvalue weighted by Gasteiger charge is -2.20. The molecule has 1 aliphatic heterocycles. The van der Waals surface area contributed by atoms with E-state index in [9.17, 15) is 4.79 Å². The Labute approximate surface area is 112 Å². The first kappa shape index (κ1) is 12.1. The van der Waals surface area contributed by atoms with E-state index in [1.54, 1.807) is 12.1 Å². The highest BCUT2D eigenvalue weighted by Crippen LogP contribution is 2.52. The number of ether oxygens (including phenoxy) is 2. The monoisotopic (exact) mass is 262 g/mol. The summed E-state index contributed by atoms with van der Waals surface area (Å²) in [7, 11) is 0. The number of carbonyl (C=O) groups excluding carboxylic acids is 1. The van der Waals surface area contributed by atoms with Gasteiger partial charge in [0.25, 0.3) is 0 Å². The van der Waals surface area contributed by atoms with Gasteiger partial charge in [0, 0.05) is 18.1 Å². The summed E-state index contributed by atoms with van der Waals surface area (Å²) in [5, 5.41) is 2.88. The second-order valence-electron chi connectivity index (χ2n) is 5.82. The van der Waals surface area contributed by atoms with Crippen LogP contribution in [0.5, 0.6) is 11.5 Å². The third-order valence-electron chi connectivity index (χ3n) is 3.80. The number of benzene rings is 1. The van der Waals surface area contributed by atoms with Crippen LogP contribution in [0.25, 0.3) is 0 Å². The molecular weight excluding hydrogens is 244 g/mol. The van der Waals surface area contributed by atoms with Gasteiger partial charge < -0.3 is 20.5 Å². The molecule has 3 N–H and O–H groups in total. The molecule has 5 heteroatoms. The number of anilines is 2. The van der Waals surface area contributed by atoms with Gasteiger partial charge >= 0.3 is 0 Å². The molecule has 5 nitrogen and oxygen atoms in total. The SMILES string of the molecule is CC1(C)CC1C(=O)Nc1cc2c(cc1N)OCCO2. The molecule has 2 aliphatic rings. The normalized spacial score (nSPS) is 22.7. The Morgan fingerprint density at radius 1 is 1.32 bits per heavy atom. The summed E-state index contributed by atoms with van der Waals surface area (Å²) >= 11 is 0. The Bertz CT molecular complexity index is 540. The maximum atomic E-state index is 12.1. The van der Waals surface area contributed by atoms with Crippen LogP contribution in [0.2, 0.25) is 0 Å². The largest absolute Gasteiger partial charge is 0.486 e. The van der Waals surface area contributed by atoms with E-state index in [-0.39, 0.29) is 17.2 Å². The standard InChI is InChI=1S/C14H18N2O3/c1-14(2)7-8(14)13(17)16-10-6-12-11(5-9(10)15)18-3-4-19-12/h5-6,8H,3-4,7,15H2,1-2H3,(H,16,17). The Morgan fingerprint density at radius 3 is 2.47 bits per heavy atom. The van der Waals surface area contributed by atoms with Crippen LogP contribution < -0.4 is 20.5 Å². The molecule has 0 radical (unpaired) electrons. The average Bonchev–Trinajstić information content (AvgIpc) is 2.99. The molecule has 102 valence electrons. The van der Waals surface area contributed by atoms with E-state index in [1.165, 1.54) is 0 Å². The predicted molar refractivity (Wildman–Crippen MR) is 72.4 cm³/mol. The lowest BCUT2D eigenvalue weighted by Crippen LogP contribution is -2.19. The van der Waals surface area contributed by atoms with E-state index in [2.05, 4.69) is 19.2 Å². The molecule has 0 saturated heterocycles. The quantitative estimate of drug-likeness (QED) is 0.800. The van der Waals surface area contributed by atoms with Gasteiger partial charge in [0.15, 0.2) is 11.5 Å². The van der Waals surface area contributed by atoms with E-state index >= 15 is 0 Å². The zero-order valence-corrected chi connectivity index (χ0v) is 11.2. The second-order valence-corrected chi connectivity index (χ2v) is 5.82. The first-order valence-corrected chi connectivity index (χ1v) is 6.47. The van der Waals surface area contributed by atoms with Gasteiger partial charge in [-0.05, 0) is 11.8 Å². The van der Waals surface area contributed by atoms with Crippen LogP contribution in [0.1, 0.15) is 20.3 Å². The maximum Gasteiger partial charge on any atom is 0.228 e. The lowest BCUT2D eigenvalue weighted by atomic mass is 10.1. The molecule has 1 saturated carbocycles. The first-order chi connectivity index (χ1) is 8.97. The third kappa shape index (κ3) is 2.20. The van der Waals surface area contributed by atoms with Gasteiger partial charge in [-0.25, -0.2) is 0 Å². The average molecular weight is 262 g/mol. The van der Waals surface area contributed by atoms with Crippen LogP contribution in [0, 0.1) is 11.3 Å². The van der Waals surface area contributed by atoms with E-state index < -0.39 is 0 Å². The van der Waals surface area contributed by atoms with Crippen molar-refractivity contribution in [3.05, 3.63) is 12.1 Å². The molecule has 19 heavy (non-hydrogen) atoms. The van der Waals surface area contributed by atoms with Gasteiger partial charge in [-0.2, -0.15) is 0 Å². The van der Waals surface area contributed by atoms with Crippen molar-refractivity contribution in [2.75, 3.05) is 24.3 Å². The Hall–Kier alpha value is -1.91. The number of nitrogen functional groups attached to an aromatic ring is 1. The molecule has 1 fully saturated rings. The minimum Gasteiger partial charge on any atom is -0.486 e. The van der Waals surface area contributed by atoms with Crippen molar-refractivity contribution < 1.29 is 14.3 Å². The fourth-order valence-corrected chi connectivity index (χ4v) is 2.35. The number of hydrogen-bond donors (Lipinski definition) is 2. The molecule has 1 aromatic carbocycles. The number of nitrogens with two attached hydrogens (primary N) is 1. The number of rotatable bonds is 2. The van der Waals surface area contributed by atoms with Crippen LogP contribution in [-0.4, -0.2) is 19.1 Å². The molecule has 0 aromatic heterocycles. The molecule has 1 amide bonds. The van der Waals surface area contributed by atoms with E-state index in [0.717, 1.165) is 6.42 Å². The van der Waals surface area contributed by atoms with Gasteiger partial charge in [-0.15, -0.1) is 0 Å². The van der Waals surface area contributed by atoms with Crippen molar-refractivity contribution in [3.63, 3.8) is 0 Å². The molecule has 1 aliphatic carbocycles. The predicted octanol–water partition coefficient (Wildman–Crippen LogP) is 2.02. The van der Waals surface area contributed by atoms with Crippen LogP contribution in [0.15, 0.2) is 12.1 Å². The fraction of sp³-hybridized carbons (Fsp3) is 0.500. The van der Waals surface area contributed by atoms with Crippen LogP contribution >= 0.6 is 0 Å². The van der Waals surface area contributed by atoms with Crippen molar-refractivity contribution in [1.82, 2.24) is 0 Å². The minimum absolute atomic E-state index is 0.0216. The Balaban J connectivity index is 1.79. The van der Waals surface area contributed by atoms with Crippen LogP contribution in [0.4, 0.5) is 11.4 Å². The molecule has 3 rings (SSSR count). The molecule has 1 heterocycles.